The van der Waals surface area contributed by atoms with Gasteiger partial charge in [-0.25, -0.2) is 0 Å². The highest BCUT2D eigenvalue weighted by atomic mass is 16.3. The third-order valence-electron chi connectivity index (χ3n) is 9.14. The Morgan fingerprint density at radius 1 is 1.06 bits per heavy atom. The van der Waals surface area contributed by atoms with Gasteiger partial charge in [-0.3, -0.25) is 9.69 Å². The number of aliphatic hydroxyl groups is 2. The third kappa shape index (κ3) is 4.62. The van der Waals surface area contributed by atoms with Crippen LogP contribution in [0.1, 0.15) is 90.0 Å². The van der Waals surface area contributed by atoms with Crippen molar-refractivity contribution in [1.29, 1.82) is 0 Å². The van der Waals surface area contributed by atoms with Gasteiger partial charge >= 0.3 is 0 Å². The molecule has 178 valence electrons. The monoisotopic (exact) mass is 442 g/mol. The molecule has 1 heterocycles. The van der Waals surface area contributed by atoms with E-state index in [1.807, 2.05) is 6.92 Å². The zero-order chi connectivity index (χ0) is 23.0. The summed E-state index contributed by atoms with van der Waals surface area (Å²) in [7, 11) is 0. The van der Waals surface area contributed by atoms with Crippen LogP contribution < -0.4 is 5.32 Å². The van der Waals surface area contributed by atoms with E-state index < -0.39 is 11.2 Å². The van der Waals surface area contributed by atoms with Crippen LogP contribution in [0, 0.1) is 5.41 Å². The molecule has 1 amide bonds. The Bertz CT molecular complexity index is 787. The van der Waals surface area contributed by atoms with Gasteiger partial charge in [0.25, 0.3) is 0 Å². The number of rotatable bonds is 5. The number of carbonyl (C=O) groups is 1. The number of benzene rings is 1. The summed E-state index contributed by atoms with van der Waals surface area (Å²) in [6.45, 7) is 7.02. The fourth-order valence-electron chi connectivity index (χ4n) is 6.92. The predicted octanol–water partition coefficient (Wildman–Crippen LogP) is 3.99. The van der Waals surface area contributed by atoms with Crippen LogP contribution in [0.5, 0.6) is 0 Å². The standard InChI is InChI=1S/C27H42N2O3/c1-20(30)28-18-23-17-25(2)24(11-7-8-14-26(25,3)31)29(23)19-27(32)15-12-22(13-16-27)21-9-5-4-6-10-21/h4-6,9-10,22-24,31-32H,7-8,11-19H2,1-3H3,(H,28,30)/t22?,23-,24-,25-,26+,27?/m1/s1. The summed E-state index contributed by atoms with van der Waals surface area (Å²) in [4.78, 5) is 14.2. The van der Waals surface area contributed by atoms with Gasteiger partial charge in [-0.15, -0.1) is 0 Å². The molecule has 1 aliphatic heterocycles. The predicted molar refractivity (Wildman–Crippen MR) is 127 cm³/mol. The molecule has 5 heteroatoms. The zero-order valence-electron chi connectivity index (χ0n) is 20.1. The van der Waals surface area contributed by atoms with Crippen LogP contribution in [0.3, 0.4) is 0 Å². The molecule has 2 saturated carbocycles. The Morgan fingerprint density at radius 3 is 2.41 bits per heavy atom. The number of likely N-dealkylation sites (tertiary alicyclic amines) is 1. The van der Waals surface area contributed by atoms with E-state index in [0.29, 0.717) is 19.0 Å². The average molecular weight is 443 g/mol. The molecule has 2 aliphatic carbocycles. The van der Waals surface area contributed by atoms with Crippen molar-refractivity contribution in [3.8, 4) is 0 Å². The Hall–Kier alpha value is -1.43. The quantitative estimate of drug-likeness (QED) is 0.645. The van der Waals surface area contributed by atoms with Gasteiger partial charge in [0.05, 0.1) is 11.2 Å². The van der Waals surface area contributed by atoms with Crippen LogP contribution >= 0.6 is 0 Å². The third-order valence-corrected chi connectivity index (χ3v) is 9.14. The lowest BCUT2D eigenvalue weighted by Gasteiger charge is -2.46. The number of β-amino-alcohol motifs (C(OH)–C–C–N with tert-alkyl or cyclic N) is 1. The minimum Gasteiger partial charge on any atom is -0.390 e. The van der Waals surface area contributed by atoms with E-state index in [4.69, 9.17) is 0 Å². The maximum atomic E-state index is 11.7. The van der Waals surface area contributed by atoms with Gasteiger partial charge in [0.15, 0.2) is 0 Å². The van der Waals surface area contributed by atoms with Crippen LogP contribution in [-0.2, 0) is 4.79 Å². The van der Waals surface area contributed by atoms with Gasteiger partial charge in [-0.2, -0.15) is 0 Å². The Kier molecular flexibility index (Phi) is 6.73. The minimum absolute atomic E-state index is 0.0176. The van der Waals surface area contributed by atoms with Crippen molar-refractivity contribution in [2.24, 2.45) is 5.41 Å². The second-order valence-electron chi connectivity index (χ2n) is 11.3. The first-order chi connectivity index (χ1) is 15.1. The second kappa shape index (κ2) is 9.08. The molecule has 4 rings (SSSR count). The summed E-state index contributed by atoms with van der Waals surface area (Å²) in [5.74, 6) is 0.505. The normalized spacial score (nSPS) is 40.5. The van der Waals surface area contributed by atoms with Crippen molar-refractivity contribution >= 4 is 5.91 Å². The number of amides is 1. The summed E-state index contributed by atoms with van der Waals surface area (Å²) in [5.41, 5.74) is -0.287. The van der Waals surface area contributed by atoms with Crippen LogP contribution in [0.25, 0.3) is 0 Å². The Labute approximate surface area is 193 Å². The van der Waals surface area contributed by atoms with E-state index in [2.05, 4.69) is 47.5 Å². The summed E-state index contributed by atoms with van der Waals surface area (Å²) < 4.78 is 0. The first-order valence-electron chi connectivity index (χ1n) is 12.6. The molecule has 1 aromatic carbocycles. The van der Waals surface area contributed by atoms with E-state index in [1.54, 1.807) is 6.92 Å². The number of nitrogens with zero attached hydrogens (tertiary/aromatic N) is 1. The van der Waals surface area contributed by atoms with Crippen LogP contribution in [0.4, 0.5) is 0 Å². The van der Waals surface area contributed by atoms with Crippen molar-refractivity contribution in [1.82, 2.24) is 10.2 Å². The first-order valence-corrected chi connectivity index (χ1v) is 12.6. The summed E-state index contributed by atoms with van der Waals surface area (Å²) >= 11 is 0. The molecule has 0 spiro atoms. The number of hydrogen-bond donors (Lipinski definition) is 3. The van der Waals surface area contributed by atoms with Gasteiger partial charge in [0, 0.05) is 37.5 Å². The molecule has 0 radical (unpaired) electrons. The number of nitrogens with one attached hydrogen (secondary N) is 1. The zero-order valence-corrected chi connectivity index (χ0v) is 20.1. The molecular weight excluding hydrogens is 400 g/mol. The lowest BCUT2D eigenvalue weighted by atomic mass is 9.67. The fourth-order valence-corrected chi connectivity index (χ4v) is 6.92. The number of hydrogen-bond acceptors (Lipinski definition) is 4. The average Bonchev–Trinajstić information content (AvgIpc) is 2.96. The van der Waals surface area contributed by atoms with Crippen LogP contribution in [-0.4, -0.2) is 57.4 Å². The van der Waals surface area contributed by atoms with E-state index in [-0.39, 0.29) is 23.4 Å². The molecule has 1 aromatic rings. The van der Waals surface area contributed by atoms with Gasteiger partial charge < -0.3 is 15.5 Å². The highest BCUT2D eigenvalue weighted by Gasteiger charge is 2.58. The molecule has 3 N–H and O–H groups in total. The maximum Gasteiger partial charge on any atom is 0.216 e. The lowest BCUT2D eigenvalue weighted by Crippen LogP contribution is -2.55. The van der Waals surface area contributed by atoms with Gasteiger partial charge in [0.1, 0.15) is 0 Å². The van der Waals surface area contributed by atoms with Crippen molar-refractivity contribution in [2.75, 3.05) is 13.1 Å². The molecule has 3 fully saturated rings. The first kappa shape index (κ1) is 23.7. The van der Waals surface area contributed by atoms with E-state index in [9.17, 15) is 15.0 Å². The molecule has 0 unspecified atom stereocenters. The Balaban J connectivity index is 1.52. The van der Waals surface area contributed by atoms with Crippen molar-refractivity contribution in [3.05, 3.63) is 35.9 Å². The van der Waals surface area contributed by atoms with E-state index in [1.165, 1.54) is 5.56 Å². The topological polar surface area (TPSA) is 72.8 Å². The van der Waals surface area contributed by atoms with Crippen molar-refractivity contribution < 1.29 is 15.0 Å². The Morgan fingerprint density at radius 2 is 1.75 bits per heavy atom. The SMILES string of the molecule is CC(=O)NC[C@H]1C[C@]2(C)[C@@H](CCCC[C@]2(C)O)N1CC1(O)CCC(c2ccccc2)CC1. The van der Waals surface area contributed by atoms with Crippen molar-refractivity contribution in [3.63, 3.8) is 0 Å². The number of fused-ring (bicyclic) bond motifs is 1. The molecule has 1 saturated heterocycles. The smallest absolute Gasteiger partial charge is 0.216 e. The summed E-state index contributed by atoms with van der Waals surface area (Å²) in [6, 6.07) is 11.1. The molecule has 32 heavy (non-hydrogen) atoms. The lowest BCUT2D eigenvalue weighted by molar-refractivity contribution is -0.119. The molecular formula is C27H42N2O3. The molecule has 3 aliphatic rings. The van der Waals surface area contributed by atoms with E-state index >= 15 is 0 Å². The minimum atomic E-state index is -0.731. The number of carbonyl (C=O) groups excluding carboxylic acids is 1. The van der Waals surface area contributed by atoms with E-state index in [0.717, 1.165) is 57.8 Å². The van der Waals surface area contributed by atoms with Crippen LogP contribution in [0.15, 0.2) is 30.3 Å². The van der Waals surface area contributed by atoms with Gasteiger partial charge in [-0.05, 0) is 63.4 Å². The summed E-state index contributed by atoms with van der Waals surface area (Å²) in [6.07, 6.45) is 8.49. The molecule has 5 nitrogen and oxygen atoms in total. The van der Waals surface area contributed by atoms with Crippen LogP contribution in [0.2, 0.25) is 0 Å². The van der Waals surface area contributed by atoms with Crippen molar-refractivity contribution in [2.45, 2.75) is 108 Å². The fraction of sp³-hybridized carbons (Fsp3) is 0.741. The maximum absolute atomic E-state index is 11.7. The second-order valence-corrected chi connectivity index (χ2v) is 11.3. The van der Waals surface area contributed by atoms with Gasteiger partial charge in [-0.1, -0.05) is 50.1 Å². The highest BCUT2D eigenvalue weighted by Crippen LogP contribution is 2.54. The molecule has 0 aromatic heterocycles. The largest absolute Gasteiger partial charge is 0.390 e. The highest BCUT2D eigenvalue weighted by molar-refractivity contribution is 5.72. The molecule has 0 bridgehead atoms. The summed E-state index contributed by atoms with van der Waals surface area (Å²) in [5, 5.41) is 26.1. The van der Waals surface area contributed by atoms with Gasteiger partial charge in [0.2, 0.25) is 5.91 Å². The molecule has 4 atom stereocenters.